The Morgan fingerprint density at radius 1 is 1.33 bits per heavy atom. The molecule has 0 aliphatic heterocycles. The molecule has 4 nitrogen and oxygen atoms in total. The molecule has 1 aromatic carbocycles. The number of ether oxygens (including phenoxy) is 1. The number of nitrogens with one attached hydrogen (secondary N) is 1. The zero-order valence-corrected chi connectivity index (χ0v) is 12.1. The molecule has 0 saturated carbocycles. The first-order valence-corrected chi connectivity index (χ1v) is 6.66. The van der Waals surface area contributed by atoms with Crippen LogP contribution in [-0.4, -0.2) is 30.7 Å². The topological polar surface area (TPSA) is 55.4 Å². The second kappa shape index (κ2) is 8.75. The van der Waals surface area contributed by atoms with Crippen LogP contribution in [0, 0.1) is 11.8 Å². The third-order valence-corrected chi connectivity index (χ3v) is 2.56. The number of benzene rings is 1. The molecule has 1 aromatic rings. The lowest BCUT2D eigenvalue weighted by Crippen LogP contribution is -2.41. The molecule has 0 unspecified atom stereocenters. The number of carbonyl (C=O) groups is 2. The Labute approximate surface area is 123 Å². The van der Waals surface area contributed by atoms with Crippen LogP contribution in [0.3, 0.4) is 0 Å². The van der Waals surface area contributed by atoms with Crippen molar-refractivity contribution in [1.29, 1.82) is 0 Å². The molecule has 21 heavy (non-hydrogen) atoms. The predicted octanol–water partition coefficient (Wildman–Crippen LogP) is 1.83. The minimum Gasteiger partial charge on any atom is -0.466 e. The van der Waals surface area contributed by atoms with Crippen LogP contribution in [0.25, 0.3) is 0 Å². The van der Waals surface area contributed by atoms with E-state index in [1.54, 1.807) is 31.2 Å². The molecule has 0 fully saturated rings. The van der Waals surface area contributed by atoms with Crippen molar-refractivity contribution in [2.75, 3.05) is 6.61 Å². The minimum atomic E-state index is -1.65. The summed E-state index contributed by atoms with van der Waals surface area (Å²) < 4.78 is 18.9. The fraction of sp³-hybridized carbons (Fsp3) is 0.375. The first-order chi connectivity index (χ1) is 10.0. The quantitative estimate of drug-likeness (QED) is 0.665. The van der Waals surface area contributed by atoms with E-state index in [1.807, 2.05) is 6.07 Å². The molecule has 2 atom stereocenters. The Kier molecular flexibility index (Phi) is 6.96. The first-order valence-electron chi connectivity index (χ1n) is 6.66. The van der Waals surface area contributed by atoms with Gasteiger partial charge in [0.05, 0.1) is 19.1 Å². The molecule has 0 aliphatic rings. The van der Waals surface area contributed by atoms with Gasteiger partial charge in [-0.2, -0.15) is 0 Å². The summed E-state index contributed by atoms with van der Waals surface area (Å²) in [6, 6.07) is 7.90. The van der Waals surface area contributed by atoms with Crippen molar-refractivity contribution in [2.24, 2.45) is 0 Å². The molecule has 0 aromatic heterocycles. The van der Waals surface area contributed by atoms with E-state index in [2.05, 4.69) is 17.2 Å². The van der Waals surface area contributed by atoms with Crippen LogP contribution in [0.1, 0.15) is 25.8 Å². The van der Waals surface area contributed by atoms with Gasteiger partial charge in [0.2, 0.25) is 5.91 Å². The molecule has 112 valence electrons. The van der Waals surface area contributed by atoms with Crippen molar-refractivity contribution in [3.8, 4) is 11.8 Å². The second-order valence-corrected chi connectivity index (χ2v) is 4.35. The molecule has 0 aliphatic carbocycles. The fourth-order valence-electron chi connectivity index (χ4n) is 1.66. The highest BCUT2D eigenvalue weighted by Crippen LogP contribution is 2.06. The van der Waals surface area contributed by atoms with Gasteiger partial charge in [-0.05, 0) is 19.1 Å². The highest BCUT2D eigenvalue weighted by molar-refractivity contribution is 5.75. The van der Waals surface area contributed by atoms with Crippen LogP contribution in [0.2, 0.25) is 0 Å². The lowest BCUT2D eigenvalue weighted by atomic mass is 10.1. The van der Waals surface area contributed by atoms with E-state index in [1.165, 1.54) is 6.92 Å². The number of alkyl halides is 1. The summed E-state index contributed by atoms with van der Waals surface area (Å²) in [5, 5.41) is 2.39. The lowest BCUT2D eigenvalue weighted by Gasteiger charge is -2.17. The van der Waals surface area contributed by atoms with Crippen LogP contribution in [-0.2, 0) is 14.3 Å². The largest absolute Gasteiger partial charge is 0.466 e. The third-order valence-electron chi connectivity index (χ3n) is 2.56. The van der Waals surface area contributed by atoms with E-state index in [0.717, 1.165) is 0 Å². The summed E-state index contributed by atoms with van der Waals surface area (Å²) in [5.74, 6) is 4.10. The highest BCUT2D eigenvalue weighted by Gasteiger charge is 2.24. The molecule has 0 heterocycles. The van der Waals surface area contributed by atoms with Gasteiger partial charge >= 0.3 is 5.97 Å². The summed E-state index contributed by atoms with van der Waals surface area (Å²) in [6.45, 7) is 3.13. The lowest BCUT2D eigenvalue weighted by molar-refractivity contribution is -0.144. The molecular formula is C16H18FNO3. The van der Waals surface area contributed by atoms with Crippen LogP contribution in [0.4, 0.5) is 4.39 Å². The van der Waals surface area contributed by atoms with Gasteiger partial charge in [-0.3, -0.25) is 9.59 Å². The maximum atomic E-state index is 14.1. The molecule has 0 saturated heterocycles. The maximum absolute atomic E-state index is 14.1. The third kappa shape index (κ3) is 6.57. The minimum absolute atomic E-state index is 0.207. The van der Waals surface area contributed by atoms with Crippen molar-refractivity contribution < 1.29 is 18.7 Å². The summed E-state index contributed by atoms with van der Waals surface area (Å²) in [6.07, 6.45) is -1.91. The van der Waals surface area contributed by atoms with Gasteiger partial charge in [0.1, 0.15) is 0 Å². The fourth-order valence-corrected chi connectivity index (χ4v) is 1.66. The average Bonchev–Trinajstić information content (AvgIpc) is 2.45. The van der Waals surface area contributed by atoms with E-state index in [0.29, 0.717) is 5.56 Å². The van der Waals surface area contributed by atoms with Gasteiger partial charge in [0.15, 0.2) is 6.17 Å². The van der Waals surface area contributed by atoms with E-state index < -0.39 is 24.1 Å². The zero-order chi connectivity index (χ0) is 15.7. The Hall–Kier alpha value is -2.35. The standard InChI is InChI=1S/C16H18FNO3/c1-3-21-16(20)11-15(18-12(2)19)14(17)10-9-13-7-5-4-6-8-13/h4-8,14-15H,3,11H2,1-2H3,(H,18,19)/t14-,15-/m0/s1. The van der Waals surface area contributed by atoms with E-state index in [4.69, 9.17) is 4.74 Å². The number of amides is 1. The first kappa shape index (κ1) is 16.7. The molecular weight excluding hydrogens is 273 g/mol. The molecule has 1 N–H and O–H groups in total. The van der Waals surface area contributed by atoms with Gasteiger partial charge in [0.25, 0.3) is 0 Å². The maximum Gasteiger partial charge on any atom is 0.308 e. The van der Waals surface area contributed by atoms with Crippen molar-refractivity contribution in [1.82, 2.24) is 5.32 Å². The molecule has 0 bridgehead atoms. The molecule has 5 heteroatoms. The smallest absolute Gasteiger partial charge is 0.308 e. The second-order valence-electron chi connectivity index (χ2n) is 4.35. The van der Waals surface area contributed by atoms with Gasteiger partial charge in [0, 0.05) is 12.5 Å². The van der Waals surface area contributed by atoms with Crippen LogP contribution >= 0.6 is 0 Å². The van der Waals surface area contributed by atoms with Crippen LogP contribution < -0.4 is 5.32 Å². The number of hydrogen-bond acceptors (Lipinski definition) is 3. The van der Waals surface area contributed by atoms with Crippen molar-refractivity contribution >= 4 is 11.9 Å². The Balaban J connectivity index is 2.75. The van der Waals surface area contributed by atoms with Gasteiger partial charge in [-0.1, -0.05) is 30.0 Å². The molecule has 1 amide bonds. The highest BCUT2D eigenvalue weighted by atomic mass is 19.1. The van der Waals surface area contributed by atoms with Gasteiger partial charge in [-0.15, -0.1) is 0 Å². The Bertz CT molecular complexity index is 533. The number of halogens is 1. The van der Waals surface area contributed by atoms with E-state index >= 15 is 0 Å². The van der Waals surface area contributed by atoms with Crippen molar-refractivity contribution in [3.63, 3.8) is 0 Å². The van der Waals surface area contributed by atoms with Gasteiger partial charge < -0.3 is 10.1 Å². The summed E-state index contributed by atoms with van der Waals surface area (Å²) in [5.41, 5.74) is 0.665. The summed E-state index contributed by atoms with van der Waals surface area (Å²) >= 11 is 0. The van der Waals surface area contributed by atoms with Crippen LogP contribution in [0.15, 0.2) is 30.3 Å². The van der Waals surface area contributed by atoms with E-state index in [9.17, 15) is 14.0 Å². The predicted molar refractivity (Wildman–Crippen MR) is 77.1 cm³/mol. The zero-order valence-electron chi connectivity index (χ0n) is 12.1. The average molecular weight is 291 g/mol. The number of hydrogen-bond donors (Lipinski definition) is 1. The number of rotatable bonds is 5. The molecule has 0 radical (unpaired) electrons. The van der Waals surface area contributed by atoms with E-state index in [-0.39, 0.29) is 13.0 Å². The Morgan fingerprint density at radius 3 is 2.57 bits per heavy atom. The van der Waals surface area contributed by atoms with Crippen molar-refractivity contribution in [2.45, 2.75) is 32.5 Å². The molecule has 1 rings (SSSR count). The number of esters is 1. The Morgan fingerprint density at radius 2 is 2.00 bits per heavy atom. The van der Waals surface area contributed by atoms with Crippen LogP contribution in [0.5, 0.6) is 0 Å². The van der Waals surface area contributed by atoms with Crippen molar-refractivity contribution in [3.05, 3.63) is 35.9 Å². The molecule has 0 spiro atoms. The SMILES string of the molecule is CCOC(=O)C[C@H](NC(C)=O)[C@@H](F)C#Cc1ccccc1. The van der Waals surface area contributed by atoms with Gasteiger partial charge in [-0.25, -0.2) is 4.39 Å². The number of carbonyl (C=O) groups excluding carboxylic acids is 2. The summed E-state index contributed by atoms with van der Waals surface area (Å²) in [4.78, 5) is 22.5. The normalized spacial score (nSPS) is 12.5. The summed E-state index contributed by atoms with van der Waals surface area (Å²) in [7, 11) is 0. The monoisotopic (exact) mass is 291 g/mol.